The van der Waals surface area contributed by atoms with E-state index in [0.717, 1.165) is 27.5 Å². The Morgan fingerprint density at radius 1 is 1.23 bits per heavy atom. The minimum absolute atomic E-state index is 0.0650. The van der Waals surface area contributed by atoms with Crippen LogP contribution in [0, 0.1) is 0 Å². The smallest absolute Gasteiger partial charge is 0.264 e. The van der Waals surface area contributed by atoms with Gasteiger partial charge in [-0.2, -0.15) is 5.10 Å². The molecule has 1 heterocycles. The Kier molecular flexibility index (Phi) is 7.59. The van der Waals surface area contributed by atoms with Gasteiger partial charge in [0, 0.05) is 9.50 Å². The summed E-state index contributed by atoms with van der Waals surface area (Å²) in [5, 5.41) is 16.1. The van der Waals surface area contributed by atoms with E-state index >= 15 is 0 Å². The lowest BCUT2D eigenvalue weighted by Gasteiger charge is -2.07. The second kappa shape index (κ2) is 10.2. The maximum Gasteiger partial charge on any atom is 0.264 e. The van der Waals surface area contributed by atoms with Crippen molar-refractivity contribution in [2.24, 2.45) is 5.10 Å². The number of carbonyl (C=O) groups excluding carboxylic acids is 1. The van der Waals surface area contributed by atoms with Crippen LogP contribution in [-0.2, 0) is 4.79 Å². The van der Waals surface area contributed by atoms with E-state index in [1.165, 1.54) is 4.68 Å². The molecular weight excluding hydrogens is 513 g/mol. The fraction of sp³-hybridized carbons (Fsp3) is 0.111. The van der Waals surface area contributed by atoms with Gasteiger partial charge in [0.2, 0.25) is 11.1 Å². The monoisotopic (exact) mass is 527 g/mol. The number of amides is 1. The van der Waals surface area contributed by atoms with E-state index < -0.39 is 0 Å². The summed E-state index contributed by atoms with van der Waals surface area (Å²) in [6, 6.07) is 12.5. The van der Waals surface area contributed by atoms with Crippen molar-refractivity contribution in [3.05, 3.63) is 62.5 Å². The highest BCUT2D eigenvalue weighted by Gasteiger charge is 2.13. The largest absolute Gasteiger partial charge is 0.334 e. The van der Waals surface area contributed by atoms with E-state index in [2.05, 4.69) is 42.0 Å². The van der Waals surface area contributed by atoms with E-state index in [4.69, 9.17) is 29.0 Å². The molecule has 12 heteroatoms. The summed E-state index contributed by atoms with van der Waals surface area (Å²) in [5.74, 6) is 6.03. The number of aromatic nitrogens is 3. The third kappa shape index (κ3) is 5.88. The number of hydrogen-bond donors (Lipinski definition) is 3. The van der Waals surface area contributed by atoms with Crippen molar-refractivity contribution in [1.82, 2.24) is 14.9 Å². The van der Waals surface area contributed by atoms with Crippen LogP contribution in [0.25, 0.3) is 0 Å². The second-order valence-corrected chi connectivity index (χ2v) is 8.65. The molecule has 30 heavy (non-hydrogen) atoms. The topological polar surface area (TPSA) is 110 Å². The second-order valence-electron chi connectivity index (χ2n) is 5.95. The van der Waals surface area contributed by atoms with Gasteiger partial charge in [0.05, 0.1) is 22.2 Å². The van der Waals surface area contributed by atoms with Gasteiger partial charge in [-0.05, 0) is 42.8 Å². The van der Waals surface area contributed by atoms with Gasteiger partial charge in [-0.1, -0.05) is 63.0 Å². The number of nitrogens with one attached hydrogen (secondary N) is 2. The SMILES string of the molecule is C/C(=N\Nc1nnc(SCC(=O)Nc2ccc(Cl)cc2Cl)n1N)c1ccc(Br)cc1. The molecule has 0 radical (unpaired) electrons. The first-order valence-electron chi connectivity index (χ1n) is 8.48. The lowest BCUT2D eigenvalue weighted by molar-refractivity contribution is -0.113. The predicted octanol–water partition coefficient (Wildman–Crippen LogP) is 4.63. The maximum absolute atomic E-state index is 12.2. The molecular formula is C18H16BrCl2N7OS. The van der Waals surface area contributed by atoms with Crippen LogP contribution in [0.1, 0.15) is 12.5 Å². The van der Waals surface area contributed by atoms with Gasteiger partial charge in [0.25, 0.3) is 5.95 Å². The molecule has 0 aliphatic heterocycles. The van der Waals surface area contributed by atoms with Crippen LogP contribution in [0.2, 0.25) is 10.0 Å². The van der Waals surface area contributed by atoms with Crippen LogP contribution < -0.4 is 16.6 Å². The van der Waals surface area contributed by atoms with Gasteiger partial charge in [0.15, 0.2) is 0 Å². The molecule has 0 atom stereocenters. The fourth-order valence-corrected chi connectivity index (χ4v) is 3.63. The number of carbonyl (C=O) groups is 1. The molecule has 8 nitrogen and oxygen atoms in total. The number of hydrogen-bond acceptors (Lipinski definition) is 7. The van der Waals surface area contributed by atoms with Crippen molar-refractivity contribution in [3.8, 4) is 0 Å². The molecule has 0 unspecified atom stereocenters. The zero-order valence-electron chi connectivity index (χ0n) is 15.6. The average molecular weight is 529 g/mol. The Hall–Kier alpha value is -2.27. The number of benzene rings is 2. The molecule has 0 spiro atoms. The summed E-state index contributed by atoms with van der Waals surface area (Å²) in [4.78, 5) is 12.2. The molecule has 0 aliphatic carbocycles. The fourth-order valence-electron chi connectivity index (χ4n) is 2.25. The van der Waals surface area contributed by atoms with Crippen molar-refractivity contribution in [2.45, 2.75) is 12.1 Å². The molecule has 2 aromatic carbocycles. The van der Waals surface area contributed by atoms with E-state index in [0.29, 0.717) is 20.9 Å². The van der Waals surface area contributed by atoms with Gasteiger partial charge >= 0.3 is 0 Å². The first-order valence-corrected chi connectivity index (χ1v) is 11.0. The van der Waals surface area contributed by atoms with Crippen LogP contribution in [0.5, 0.6) is 0 Å². The molecule has 1 amide bonds. The van der Waals surface area contributed by atoms with Crippen molar-refractivity contribution < 1.29 is 4.79 Å². The molecule has 156 valence electrons. The lowest BCUT2D eigenvalue weighted by Crippen LogP contribution is -2.17. The van der Waals surface area contributed by atoms with Gasteiger partial charge in [0.1, 0.15) is 0 Å². The minimum Gasteiger partial charge on any atom is -0.334 e. The van der Waals surface area contributed by atoms with Crippen molar-refractivity contribution >= 4 is 74.1 Å². The average Bonchev–Trinajstić information content (AvgIpc) is 3.07. The maximum atomic E-state index is 12.2. The van der Waals surface area contributed by atoms with Gasteiger partial charge < -0.3 is 11.2 Å². The summed E-state index contributed by atoms with van der Waals surface area (Å²) in [7, 11) is 0. The summed E-state index contributed by atoms with van der Waals surface area (Å²) in [6.45, 7) is 1.86. The Balaban J connectivity index is 1.57. The van der Waals surface area contributed by atoms with Crippen LogP contribution in [0.4, 0.5) is 11.6 Å². The van der Waals surface area contributed by atoms with Crippen LogP contribution >= 0.6 is 50.9 Å². The molecule has 3 aromatic rings. The van der Waals surface area contributed by atoms with Gasteiger partial charge in [-0.15, -0.1) is 10.2 Å². The number of nitrogens with zero attached hydrogens (tertiary/aromatic N) is 4. The molecule has 4 N–H and O–H groups in total. The number of anilines is 2. The van der Waals surface area contributed by atoms with Crippen LogP contribution in [-0.4, -0.2) is 32.2 Å². The number of nitrogen functional groups attached to an aromatic ring is 1. The molecule has 0 saturated heterocycles. The van der Waals surface area contributed by atoms with E-state index in [1.54, 1.807) is 18.2 Å². The van der Waals surface area contributed by atoms with Crippen LogP contribution in [0.15, 0.2) is 57.2 Å². The Morgan fingerprint density at radius 3 is 2.67 bits per heavy atom. The quantitative estimate of drug-likeness (QED) is 0.178. The Labute approximate surface area is 195 Å². The molecule has 1 aromatic heterocycles. The summed E-state index contributed by atoms with van der Waals surface area (Å²) < 4.78 is 2.21. The molecule has 0 bridgehead atoms. The normalized spacial score (nSPS) is 11.4. The summed E-state index contributed by atoms with van der Waals surface area (Å²) in [6.07, 6.45) is 0. The number of rotatable bonds is 7. The van der Waals surface area contributed by atoms with Gasteiger partial charge in [-0.25, -0.2) is 10.1 Å². The summed E-state index contributed by atoms with van der Waals surface area (Å²) in [5.41, 5.74) is 4.95. The summed E-state index contributed by atoms with van der Waals surface area (Å²) >= 11 is 16.4. The molecule has 3 rings (SSSR count). The third-order valence-electron chi connectivity index (χ3n) is 3.79. The molecule has 0 fully saturated rings. The zero-order chi connectivity index (χ0) is 21.7. The third-order valence-corrected chi connectivity index (χ3v) is 5.81. The lowest BCUT2D eigenvalue weighted by atomic mass is 10.1. The van der Waals surface area contributed by atoms with Gasteiger partial charge in [-0.3, -0.25) is 4.79 Å². The number of halogens is 3. The van der Waals surface area contributed by atoms with Crippen molar-refractivity contribution in [3.63, 3.8) is 0 Å². The number of nitrogens with two attached hydrogens (primary N) is 1. The molecule has 0 saturated carbocycles. The van der Waals surface area contributed by atoms with E-state index in [-0.39, 0.29) is 17.6 Å². The minimum atomic E-state index is -0.272. The first kappa shape index (κ1) is 22.4. The first-order chi connectivity index (χ1) is 14.3. The van der Waals surface area contributed by atoms with E-state index in [9.17, 15) is 4.79 Å². The number of thioether (sulfide) groups is 1. The van der Waals surface area contributed by atoms with Crippen molar-refractivity contribution in [1.29, 1.82) is 0 Å². The highest BCUT2D eigenvalue weighted by molar-refractivity contribution is 9.10. The zero-order valence-corrected chi connectivity index (χ0v) is 19.5. The predicted molar refractivity (Wildman–Crippen MR) is 126 cm³/mol. The standard InChI is InChI=1S/C18H16BrCl2N7OS/c1-10(11-2-4-12(19)5-3-11)24-25-17-26-27-18(28(17)22)30-9-16(29)23-15-7-6-13(20)8-14(15)21/h2-8H,9,22H2,1H3,(H,23,29)(H,25,26)/b24-10+. The molecule has 0 aliphatic rings. The Morgan fingerprint density at radius 2 is 1.97 bits per heavy atom. The number of hydrazone groups is 1. The highest BCUT2D eigenvalue weighted by atomic mass is 79.9. The Bertz CT molecular complexity index is 1090. The van der Waals surface area contributed by atoms with Crippen molar-refractivity contribution in [2.75, 3.05) is 22.3 Å². The van der Waals surface area contributed by atoms with E-state index in [1.807, 2.05) is 31.2 Å². The van der Waals surface area contributed by atoms with Crippen LogP contribution in [0.3, 0.4) is 0 Å². The highest BCUT2D eigenvalue weighted by Crippen LogP contribution is 2.26.